The van der Waals surface area contributed by atoms with Gasteiger partial charge in [0, 0.05) is 16.7 Å². The summed E-state index contributed by atoms with van der Waals surface area (Å²) < 4.78 is 0.964. The maximum absolute atomic E-state index is 6.15. The number of hydrogen-bond acceptors (Lipinski definition) is 2. The molecule has 0 spiro atoms. The van der Waals surface area contributed by atoms with E-state index in [4.69, 9.17) is 11.6 Å². The van der Waals surface area contributed by atoms with Crippen molar-refractivity contribution in [1.82, 2.24) is 4.98 Å². The van der Waals surface area contributed by atoms with Gasteiger partial charge >= 0.3 is 0 Å². The zero-order valence-corrected chi connectivity index (χ0v) is 13.3. The third-order valence-corrected chi connectivity index (χ3v) is 4.56. The summed E-state index contributed by atoms with van der Waals surface area (Å²) in [5.74, 6) is 1.44. The van der Waals surface area contributed by atoms with Gasteiger partial charge < -0.3 is 5.32 Å². The number of pyridine rings is 1. The van der Waals surface area contributed by atoms with Crippen molar-refractivity contribution in [2.45, 2.75) is 45.6 Å². The van der Waals surface area contributed by atoms with Gasteiger partial charge in [-0.2, -0.15) is 0 Å². The lowest BCUT2D eigenvalue weighted by atomic mass is 9.78. The minimum atomic E-state index is 0.521. The average Bonchev–Trinajstić information content (AvgIpc) is 2.34. The first kappa shape index (κ1) is 14.1. The summed E-state index contributed by atoms with van der Waals surface area (Å²) in [6.07, 6.45) is 6.93. The van der Waals surface area contributed by atoms with E-state index in [1.807, 2.05) is 6.07 Å². The highest BCUT2D eigenvalue weighted by Crippen LogP contribution is 2.34. The van der Waals surface area contributed by atoms with E-state index in [2.05, 4.69) is 40.1 Å². The Morgan fingerprint density at radius 2 is 2.11 bits per heavy atom. The maximum Gasteiger partial charge on any atom is 0.152 e. The van der Waals surface area contributed by atoms with Gasteiger partial charge in [0.05, 0.1) is 5.69 Å². The van der Waals surface area contributed by atoms with Crippen molar-refractivity contribution in [3.8, 4) is 0 Å². The molecule has 2 unspecified atom stereocenters. The van der Waals surface area contributed by atoms with Crippen LogP contribution >= 0.6 is 27.5 Å². The van der Waals surface area contributed by atoms with Gasteiger partial charge in [0.15, 0.2) is 5.15 Å². The van der Waals surface area contributed by atoms with E-state index in [1.54, 1.807) is 6.20 Å². The van der Waals surface area contributed by atoms with Crippen LogP contribution in [-0.2, 0) is 0 Å². The van der Waals surface area contributed by atoms with Gasteiger partial charge in [-0.1, -0.05) is 38.3 Å². The Hall–Kier alpha value is -0.280. The van der Waals surface area contributed by atoms with Gasteiger partial charge in [-0.3, -0.25) is 0 Å². The zero-order chi connectivity index (χ0) is 13.1. The van der Waals surface area contributed by atoms with E-state index >= 15 is 0 Å². The first-order chi connectivity index (χ1) is 8.58. The number of anilines is 1. The monoisotopic (exact) mass is 330 g/mol. The fraction of sp³-hybridized carbons (Fsp3) is 0.643. The fourth-order valence-corrected chi connectivity index (χ4v) is 3.35. The molecule has 0 amide bonds. The van der Waals surface area contributed by atoms with Crippen molar-refractivity contribution >= 4 is 33.2 Å². The lowest BCUT2D eigenvalue weighted by Crippen LogP contribution is -2.35. The standard InChI is InChI=1S/C14H20BrClN2/c1-9(2)11-5-3-4-6-12(11)18-13-7-10(15)8-17-14(13)16/h7-9,11-12,18H,3-6H2,1-2H3. The largest absolute Gasteiger partial charge is 0.380 e. The smallest absolute Gasteiger partial charge is 0.152 e. The molecule has 0 radical (unpaired) electrons. The van der Waals surface area contributed by atoms with Gasteiger partial charge in [0.1, 0.15) is 0 Å². The summed E-state index contributed by atoms with van der Waals surface area (Å²) in [7, 11) is 0. The molecule has 2 nitrogen and oxygen atoms in total. The Morgan fingerprint density at radius 1 is 1.39 bits per heavy atom. The molecule has 100 valence electrons. The molecule has 1 saturated carbocycles. The van der Waals surface area contributed by atoms with E-state index < -0.39 is 0 Å². The van der Waals surface area contributed by atoms with Crippen molar-refractivity contribution in [1.29, 1.82) is 0 Å². The van der Waals surface area contributed by atoms with Crippen LogP contribution in [0.4, 0.5) is 5.69 Å². The minimum absolute atomic E-state index is 0.521. The Morgan fingerprint density at radius 3 is 2.83 bits per heavy atom. The summed E-state index contributed by atoms with van der Waals surface area (Å²) in [4.78, 5) is 4.17. The summed E-state index contributed by atoms with van der Waals surface area (Å²) in [5.41, 5.74) is 0.948. The normalized spacial score (nSPS) is 24.3. The van der Waals surface area contributed by atoms with Gasteiger partial charge in [-0.05, 0) is 46.7 Å². The molecule has 4 heteroatoms. The van der Waals surface area contributed by atoms with Gasteiger partial charge in [-0.25, -0.2) is 4.98 Å². The lowest BCUT2D eigenvalue weighted by molar-refractivity contribution is 0.254. The highest BCUT2D eigenvalue weighted by molar-refractivity contribution is 9.10. The maximum atomic E-state index is 6.15. The summed E-state index contributed by atoms with van der Waals surface area (Å²) in [6, 6.07) is 2.54. The molecule has 1 aliphatic rings. The van der Waals surface area contributed by atoms with E-state index in [0.29, 0.717) is 17.1 Å². The Labute approximate surface area is 123 Å². The van der Waals surface area contributed by atoms with Gasteiger partial charge in [0.2, 0.25) is 0 Å². The molecule has 0 saturated heterocycles. The predicted octanol–water partition coefficient (Wildman–Crippen LogP) is 5.12. The third kappa shape index (κ3) is 3.39. The van der Waals surface area contributed by atoms with Crippen molar-refractivity contribution in [2.75, 3.05) is 5.32 Å². The number of hydrogen-bond donors (Lipinski definition) is 1. The molecule has 18 heavy (non-hydrogen) atoms. The van der Waals surface area contributed by atoms with E-state index in [9.17, 15) is 0 Å². The number of nitrogens with one attached hydrogen (secondary N) is 1. The molecular weight excluding hydrogens is 312 g/mol. The molecule has 1 aromatic heterocycles. The average molecular weight is 332 g/mol. The molecule has 1 fully saturated rings. The second-order valence-electron chi connectivity index (χ2n) is 5.44. The Kier molecular flexibility index (Phi) is 4.91. The van der Waals surface area contributed by atoms with E-state index in [-0.39, 0.29) is 0 Å². The number of nitrogens with zero attached hydrogens (tertiary/aromatic N) is 1. The fourth-order valence-electron chi connectivity index (χ4n) is 2.86. The summed E-state index contributed by atoms with van der Waals surface area (Å²) >= 11 is 9.59. The predicted molar refractivity (Wildman–Crippen MR) is 81.2 cm³/mol. The number of aromatic nitrogens is 1. The van der Waals surface area contributed by atoms with Crippen LogP contribution in [0, 0.1) is 11.8 Å². The number of halogens is 2. The molecule has 1 aliphatic carbocycles. The van der Waals surface area contributed by atoms with Crippen LogP contribution in [0.25, 0.3) is 0 Å². The first-order valence-electron chi connectivity index (χ1n) is 6.65. The highest BCUT2D eigenvalue weighted by Gasteiger charge is 2.27. The van der Waals surface area contributed by atoms with Crippen LogP contribution in [0.15, 0.2) is 16.7 Å². The molecule has 2 rings (SSSR count). The van der Waals surface area contributed by atoms with Gasteiger partial charge in [0.25, 0.3) is 0 Å². The Balaban J connectivity index is 2.13. The van der Waals surface area contributed by atoms with Crippen molar-refractivity contribution < 1.29 is 0 Å². The molecule has 1 heterocycles. The molecule has 0 bridgehead atoms. The molecule has 0 aliphatic heterocycles. The van der Waals surface area contributed by atoms with Crippen LogP contribution in [0.3, 0.4) is 0 Å². The SMILES string of the molecule is CC(C)C1CCCCC1Nc1cc(Br)cnc1Cl. The summed E-state index contributed by atoms with van der Waals surface area (Å²) in [6.45, 7) is 4.62. The minimum Gasteiger partial charge on any atom is -0.380 e. The second-order valence-corrected chi connectivity index (χ2v) is 6.71. The molecule has 1 aromatic rings. The van der Waals surface area contributed by atoms with Crippen LogP contribution in [0.2, 0.25) is 5.15 Å². The molecule has 1 N–H and O–H groups in total. The second kappa shape index (κ2) is 6.25. The topological polar surface area (TPSA) is 24.9 Å². The van der Waals surface area contributed by atoms with Crippen LogP contribution < -0.4 is 5.32 Å². The van der Waals surface area contributed by atoms with Crippen LogP contribution in [0.1, 0.15) is 39.5 Å². The zero-order valence-electron chi connectivity index (χ0n) is 10.9. The third-order valence-electron chi connectivity index (χ3n) is 3.82. The van der Waals surface area contributed by atoms with Gasteiger partial charge in [-0.15, -0.1) is 0 Å². The van der Waals surface area contributed by atoms with E-state index in [1.165, 1.54) is 25.7 Å². The summed E-state index contributed by atoms with van der Waals surface area (Å²) in [5, 5.41) is 4.16. The first-order valence-corrected chi connectivity index (χ1v) is 7.82. The quantitative estimate of drug-likeness (QED) is 0.777. The van der Waals surface area contributed by atoms with Crippen molar-refractivity contribution in [3.05, 3.63) is 21.9 Å². The number of rotatable bonds is 3. The highest BCUT2D eigenvalue weighted by atomic mass is 79.9. The van der Waals surface area contributed by atoms with Crippen molar-refractivity contribution in [3.63, 3.8) is 0 Å². The van der Waals surface area contributed by atoms with Crippen molar-refractivity contribution in [2.24, 2.45) is 11.8 Å². The lowest BCUT2D eigenvalue weighted by Gasteiger charge is -2.35. The molecule has 2 atom stereocenters. The van der Waals surface area contributed by atoms with Crippen LogP contribution in [0.5, 0.6) is 0 Å². The van der Waals surface area contributed by atoms with E-state index in [0.717, 1.165) is 16.1 Å². The molecular formula is C14H20BrClN2. The van der Waals surface area contributed by atoms with Crippen LogP contribution in [-0.4, -0.2) is 11.0 Å². The Bertz CT molecular complexity index is 409. The molecule has 0 aromatic carbocycles.